The Morgan fingerprint density at radius 2 is 1.80 bits per heavy atom. The Labute approximate surface area is 258 Å². The summed E-state index contributed by atoms with van der Waals surface area (Å²) >= 11 is 6.75. The van der Waals surface area contributed by atoms with Crippen LogP contribution >= 0.6 is 11.6 Å². The molecule has 9 nitrogen and oxygen atoms in total. The van der Waals surface area contributed by atoms with Crippen LogP contribution in [0, 0.1) is 28.5 Å². The minimum atomic E-state index is -1.76. The van der Waals surface area contributed by atoms with Crippen LogP contribution < -0.4 is 10.6 Å². The minimum absolute atomic E-state index is 0.136. The number of rotatable bonds is 9. The van der Waals surface area contributed by atoms with Gasteiger partial charge in [0.1, 0.15) is 17.6 Å². The first kappa shape index (κ1) is 27.0. The molecule has 3 heterocycles. The van der Waals surface area contributed by atoms with Gasteiger partial charge in [0.15, 0.2) is 0 Å². The average Bonchev–Trinajstić information content (AvgIpc) is 3.57. The van der Waals surface area contributed by atoms with E-state index in [0.717, 1.165) is 5.56 Å². The molecule has 6 aromatic rings. The molecule has 0 amide bonds. The van der Waals surface area contributed by atoms with Crippen LogP contribution in [-0.2, 0) is 0 Å². The van der Waals surface area contributed by atoms with Crippen LogP contribution in [0.3, 0.4) is 0 Å². The number of hydrogen-bond donors (Lipinski definition) is 2. The first-order chi connectivity index (χ1) is 21.9. The van der Waals surface area contributed by atoms with Gasteiger partial charge >= 0.3 is 0 Å². The number of anilines is 2. The van der Waals surface area contributed by atoms with Gasteiger partial charge in [0, 0.05) is 23.5 Å². The van der Waals surface area contributed by atoms with Gasteiger partial charge in [0.25, 0.3) is 0 Å². The summed E-state index contributed by atoms with van der Waals surface area (Å²) in [5, 5.41) is 35.4. The largest absolute Gasteiger partial charge is 0.376 e. The molecule has 0 radical (unpaired) electrons. The average molecular weight is 601 g/mol. The van der Waals surface area contributed by atoms with E-state index in [0.29, 0.717) is 33.5 Å². The molecule has 0 aliphatic carbocycles. The van der Waals surface area contributed by atoms with E-state index in [1.165, 1.54) is 35.1 Å². The summed E-state index contributed by atoms with van der Waals surface area (Å²) in [5.74, 6) is -0.454. The Kier molecular flexibility index (Phi) is 7.72. The predicted octanol–water partition coefficient (Wildman–Crippen LogP) is 7.14. The lowest BCUT2D eigenvalue weighted by molar-refractivity contribution is 0.626. The molecule has 1 unspecified atom stereocenters. The summed E-state index contributed by atoms with van der Waals surface area (Å²) < 4.78 is 25.1. The monoisotopic (exact) mass is 600 g/mol. The lowest BCUT2D eigenvalue weighted by Crippen LogP contribution is -2.14. The molecule has 11 heteroatoms. The SMILES string of the molecule is [2H][C@@](Nc1cc(Cl)c2ncc(C#N)c(NC(CC#N)c3ccccc3)c2c1)(c1ccc(F)cc1)c1cn(-c2cccnc2)nn1. The molecule has 2 N–H and O–H groups in total. The third kappa shape index (κ3) is 5.88. The normalized spacial score (nSPS) is 13.2. The number of benzene rings is 3. The number of halogens is 2. The maximum atomic E-state index is 14.0. The molecule has 0 aliphatic heterocycles. The molecule has 0 saturated heterocycles. The minimum Gasteiger partial charge on any atom is -0.376 e. The summed E-state index contributed by atoms with van der Waals surface area (Å²) in [6.07, 6.45) is 6.41. The van der Waals surface area contributed by atoms with Crippen molar-refractivity contribution in [1.82, 2.24) is 25.0 Å². The molecule has 44 heavy (non-hydrogen) atoms. The maximum absolute atomic E-state index is 14.0. The van der Waals surface area contributed by atoms with Crippen LogP contribution in [0.2, 0.25) is 5.02 Å². The van der Waals surface area contributed by atoms with Gasteiger partial charge in [-0.2, -0.15) is 10.5 Å². The lowest BCUT2D eigenvalue weighted by Gasteiger charge is -2.22. The highest BCUT2D eigenvalue weighted by molar-refractivity contribution is 6.35. The lowest BCUT2D eigenvalue weighted by atomic mass is 10.0. The quantitative estimate of drug-likeness (QED) is 0.179. The zero-order valence-corrected chi connectivity index (χ0v) is 23.7. The van der Waals surface area contributed by atoms with Crippen molar-refractivity contribution >= 4 is 33.9 Å². The Bertz CT molecular complexity index is 2060. The standard InChI is InChI=1S/C33H23ClFN9/c34-28-16-25(15-27-31(23(17-37)18-39-33(27)28)41-29(12-13-36)21-5-2-1-3-6-21)40-32(22-8-10-24(35)11-9-22)30-20-44(43-42-30)26-7-4-14-38-19-26/h1-11,14-16,18-20,29,32,40H,12H2,(H,39,41)/t29?,32-/m1/s1/i32D. The zero-order valence-electron chi connectivity index (χ0n) is 24.0. The molecule has 3 aromatic carbocycles. The highest BCUT2D eigenvalue weighted by atomic mass is 35.5. The summed E-state index contributed by atoms with van der Waals surface area (Å²) in [7, 11) is 0. The van der Waals surface area contributed by atoms with Gasteiger partial charge in [-0.1, -0.05) is 59.3 Å². The first-order valence-electron chi connectivity index (χ1n) is 14.0. The Balaban J connectivity index is 1.47. The molecule has 214 valence electrons. The summed E-state index contributed by atoms with van der Waals surface area (Å²) in [5.41, 5.74) is 3.63. The van der Waals surface area contributed by atoms with Crippen molar-refractivity contribution in [1.29, 1.82) is 10.5 Å². The summed E-state index contributed by atoms with van der Waals surface area (Å²) in [6, 6.07) is 24.1. The van der Waals surface area contributed by atoms with E-state index in [1.807, 2.05) is 30.3 Å². The van der Waals surface area contributed by atoms with Crippen molar-refractivity contribution in [2.75, 3.05) is 10.6 Å². The van der Waals surface area contributed by atoms with Gasteiger partial charge in [-0.25, -0.2) is 9.07 Å². The highest BCUT2D eigenvalue weighted by Crippen LogP contribution is 2.37. The van der Waals surface area contributed by atoms with Gasteiger partial charge in [-0.15, -0.1) is 5.10 Å². The van der Waals surface area contributed by atoms with Crippen molar-refractivity contribution in [2.45, 2.75) is 18.5 Å². The van der Waals surface area contributed by atoms with Crippen molar-refractivity contribution < 1.29 is 5.76 Å². The third-order valence-electron chi connectivity index (χ3n) is 6.92. The van der Waals surface area contributed by atoms with Crippen LogP contribution in [0.4, 0.5) is 15.8 Å². The van der Waals surface area contributed by atoms with Crippen LogP contribution in [0.25, 0.3) is 16.6 Å². The fourth-order valence-electron chi connectivity index (χ4n) is 4.81. The predicted molar refractivity (Wildman–Crippen MR) is 166 cm³/mol. The molecule has 0 fully saturated rings. The summed E-state index contributed by atoms with van der Waals surface area (Å²) in [4.78, 5) is 8.55. The second-order valence-corrected chi connectivity index (χ2v) is 10.2. The number of nitrogens with one attached hydrogen (secondary N) is 2. The molecular weight excluding hydrogens is 577 g/mol. The maximum Gasteiger partial charge on any atom is 0.123 e. The zero-order chi connectivity index (χ0) is 31.4. The second kappa shape index (κ2) is 12.6. The second-order valence-electron chi connectivity index (χ2n) is 9.75. The van der Waals surface area contributed by atoms with Crippen LogP contribution in [0.15, 0.2) is 104 Å². The highest BCUT2D eigenvalue weighted by Gasteiger charge is 2.22. The van der Waals surface area contributed by atoms with Gasteiger partial charge in [-0.05, 0) is 47.5 Å². The number of aromatic nitrogens is 5. The Morgan fingerprint density at radius 1 is 0.977 bits per heavy atom. The number of pyridine rings is 2. The molecule has 0 bridgehead atoms. The van der Waals surface area contributed by atoms with Gasteiger partial charge in [-0.3, -0.25) is 9.97 Å². The molecule has 0 spiro atoms. The van der Waals surface area contributed by atoms with E-state index in [2.05, 4.69) is 43.1 Å². The third-order valence-corrected chi connectivity index (χ3v) is 7.21. The van der Waals surface area contributed by atoms with Crippen LogP contribution in [-0.4, -0.2) is 25.0 Å². The van der Waals surface area contributed by atoms with Crippen LogP contribution in [0.1, 0.15) is 42.2 Å². The van der Waals surface area contributed by atoms with Crippen molar-refractivity contribution in [3.63, 3.8) is 0 Å². The van der Waals surface area contributed by atoms with Crippen LogP contribution in [0.5, 0.6) is 0 Å². The number of nitriles is 2. The molecule has 6 rings (SSSR count). The molecule has 3 aromatic heterocycles. The molecule has 0 aliphatic rings. The molecular formula is C33H23ClFN9. The van der Waals surface area contributed by atoms with E-state index in [9.17, 15) is 16.3 Å². The van der Waals surface area contributed by atoms with Gasteiger partial charge in [0.2, 0.25) is 0 Å². The fourth-order valence-corrected chi connectivity index (χ4v) is 5.08. The topological polar surface area (TPSA) is 128 Å². The van der Waals surface area contributed by atoms with E-state index < -0.39 is 17.9 Å². The number of nitrogens with zero attached hydrogens (tertiary/aromatic N) is 7. The fraction of sp³-hybridized carbons (Fsp3) is 0.0909. The number of hydrogen-bond acceptors (Lipinski definition) is 8. The smallest absolute Gasteiger partial charge is 0.123 e. The van der Waals surface area contributed by atoms with E-state index in [4.69, 9.17) is 11.6 Å². The molecule has 2 atom stereocenters. The van der Waals surface area contributed by atoms with Gasteiger partial charge in [0.05, 0.1) is 65.8 Å². The summed E-state index contributed by atoms with van der Waals surface area (Å²) in [6.45, 7) is 0. The van der Waals surface area contributed by atoms with E-state index >= 15 is 0 Å². The van der Waals surface area contributed by atoms with Gasteiger partial charge < -0.3 is 10.6 Å². The van der Waals surface area contributed by atoms with Crippen molar-refractivity contribution in [3.05, 3.63) is 137 Å². The van der Waals surface area contributed by atoms with Crippen molar-refractivity contribution in [2.24, 2.45) is 0 Å². The Hall–Kier alpha value is -5.84. The van der Waals surface area contributed by atoms with E-state index in [1.54, 1.807) is 42.9 Å². The van der Waals surface area contributed by atoms with E-state index in [-0.39, 0.29) is 22.7 Å². The number of fused-ring (bicyclic) bond motifs is 1. The molecule has 0 saturated carbocycles. The first-order valence-corrected chi connectivity index (χ1v) is 13.9. The Morgan fingerprint density at radius 3 is 2.52 bits per heavy atom. The van der Waals surface area contributed by atoms with Crippen molar-refractivity contribution in [3.8, 4) is 17.8 Å².